The van der Waals surface area contributed by atoms with E-state index in [1.54, 1.807) is 30.5 Å². The van der Waals surface area contributed by atoms with Crippen molar-refractivity contribution in [3.8, 4) is 28.6 Å². The van der Waals surface area contributed by atoms with Crippen LogP contribution in [0, 0.1) is 5.82 Å². The molecule has 2 aromatic heterocycles. The quantitative estimate of drug-likeness (QED) is 0.0485. The number of nitrogens with zero attached hydrogens (tertiary/aromatic N) is 4. The number of phenolic OH excluding ortho intramolecular Hbond substituents is 1. The van der Waals surface area contributed by atoms with Crippen molar-refractivity contribution in [2.24, 2.45) is 0 Å². The summed E-state index contributed by atoms with van der Waals surface area (Å²) in [6.07, 6.45) is 1.90. The Morgan fingerprint density at radius 1 is 0.792 bits per heavy atom. The summed E-state index contributed by atoms with van der Waals surface area (Å²) in [4.78, 5) is 39.8. The minimum absolute atomic E-state index is 0.0479. The average Bonchev–Trinajstić information content (AvgIpc) is 3.63. The van der Waals surface area contributed by atoms with Crippen LogP contribution in [-0.2, 0) is 33.3 Å². The largest absolute Gasteiger partial charge is 0.505 e. The lowest BCUT2D eigenvalue weighted by Crippen LogP contribution is -2.58. The Kier molecular flexibility index (Phi) is 15.8. The summed E-state index contributed by atoms with van der Waals surface area (Å²) in [6, 6.07) is 12.8. The first kappa shape index (κ1) is 40.5. The standard InChI is InChI=1S/C35H42FN5O12/c36-27-18-25(5-9-31(27)43)41-19-30(39-40-41)29-7-4-24-17-26(6-8-28(24)37-29)53-14-1-3-32(44)38-35(21-50-15-10-33(45)46,22-51-16-11-34(47)48)20-49-12-2-13-52-23-42/h4-9,17-19,42-43H,1-3,10-16,20-23H2,(H,38,44)(H,45,46)(H,47,48). The van der Waals surface area contributed by atoms with Gasteiger partial charge >= 0.3 is 11.9 Å². The van der Waals surface area contributed by atoms with Crippen LogP contribution in [0.1, 0.15) is 32.1 Å². The monoisotopic (exact) mass is 743 g/mol. The molecule has 4 rings (SSSR count). The number of fused-ring (bicyclic) bond motifs is 1. The number of carboxylic acids is 2. The molecule has 0 aliphatic rings. The average molecular weight is 744 g/mol. The highest BCUT2D eigenvalue weighted by atomic mass is 19.1. The van der Waals surface area contributed by atoms with Gasteiger partial charge in [0.2, 0.25) is 5.91 Å². The van der Waals surface area contributed by atoms with Crippen LogP contribution in [0.5, 0.6) is 11.5 Å². The summed E-state index contributed by atoms with van der Waals surface area (Å²) in [7, 11) is 0. The molecular weight excluding hydrogens is 701 g/mol. The fraction of sp³-hybridized carbons (Fsp3) is 0.429. The molecule has 0 unspecified atom stereocenters. The van der Waals surface area contributed by atoms with E-state index in [0.717, 1.165) is 11.5 Å². The Labute approximate surface area is 303 Å². The molecule has 0 bridgehead atoms. The van der Waals surface area contributed by atoms with Gasteiger partial charge in [-0.05, 0) is 49.2 Å². The maximum absolute atomic E-state index is 13.8. The van der Waals surface area contributed by atoms with Crippen molar-refractivity contribution in [3.63, 3.8) is 0 Å². The number of aliphatic hydroxyl groups excluding tert-OH is 1. The SMILES string of the molecule is O=C(O)CCOCC(COCCCOCO)(COCCC(=O)O)NC(=O)CCCOc1ccc2nc(-c3cn(-c4ccc(O)c(F)c4)nn3)ccc2c1. The number of ether oxygens (including phenoxy) is 5. The molecule has 0 aliphatic carbocycles. The number of carbonyl (C=O) groups is 3. The highest BCUT2D eigenvalue weighted by Crippen LogP contribution is 2.25. The summed E-state index contributed by atoms with van der Waals surface area (Å²) >= 11 is 0. The van der Waals surface area contributed by atoms with Crippen molar-refractivity contribution in [1.29, 1.82) is 0 Å². The molecule has 0 spiro atoms. The van der Waals surface area contributed by atoms with Crippen molar-refractivity contribution in [2.75, 3.05) is 59.6 Å². The van der Waals surface area contributed by atoms with Crippen molar-refractivity contribution in [1.82, 2.24) is 25.3 Å². The minimum atomic E-state index is -1.26. The van der Waals surface area contributed by atoms with Crippen molar-refractivity contribution in [2.45, 2.75) is 37.6 Å². The molecule has 2 heterocycles. The smallest absolute Gasteiger partial charge is 0.305 e. The van der Waals surface area contributed by atoms with Crippen LogP contribution in [0.2, 0.25) is 0 Å². The minimum Gasteiger partial charge on any atom is -0.505 e. The lowest BCUT2D eigenvalue weighted by molar-refractivity contribution is -0.139. The van der Waals surface area contributed by atoms with Gasteiger partial charge < -0.3 is 49.4 Å². The summed E-state index contributed by atoms with van der Waals surface area (Å²) in [5.74, 6) is -3.18. The molecule has 0 aliphatic heterocycles. The zero-order valence-corrected chi connectivity index (χ0v) is 28.8. The maximum Gasteiger partial charge on any atom is 0.305 e. The number of phenols is 1. The number of amides is 1. The number of nitrogens with one attached hydrogen (secondary N) is 1. The van der Waals surface area contributed by atoms with Gasteiger partial charge in [-0.3, -0.25) is 14.4 Å². The van der Waals surface area contributed by atoms with E-state index < -0.39 is 35.8 Å². The first-order valence-corrected chi connectivity index (χ1v) is 16.7. The fourth-order valence-corrected chi connectivity index (χ4v) is 4.95. The van der Waals surface area contributed by atoms with E-state index in [9.17, 15) is 23.9 Å². The number of aromatic nitrogens is 4. The molecule has 0 saturated heterocycles. The third-order valence-electron chi connectivity index (χ3n) is 7.56. The van der Waals surface area contributed by atoms with E-state index in [4.69, 9.17) is 39.0 Å². The van der Waals surface area contributed by atoms with E-state index in [0.29, 0.717) is 41.2 Å². The first-order valence-electron chi connectivity index (χ1n) is 16.7. The molecule has 0 saturated carbocycles. The molecule has 1 amide bonds. The maximum atomic E-state index is 13.8. The number of rotatable bonds is 25. The van der Waals surface area contributed by atoms with Gasteiger partial charge in [-0.2, -0.15) is 0 Å². The van der Waals surface area contributed by atoms with Crippen LogP contribution in [0.15, 0.2) is 54.7 Å². The number of carbonyl (C=O) groups excluding carboxylic acids is 1. The summed E-state index contributed by atoms with van der Waals surface area (Å²) in [5, 5.41) is 48.1. The number of aromatic hydroxyl groups is 1. The Morgan fingerprint density at radius 3 is 2.17 bits per heavy atom. The second kappa shape index (κ2) is 20.7. The molecular formula is C35H42FN5O12. The van der Waals surface area contributed by atoms with Crippen LogP contribution in [0.3, 0.4) is 0 Å². The topological polar surface area (TPSA) is 234 Å². The van der Waals surface area contributed by atoms with Crippen molar-refractivity contribution < 1.29 is 62.9 Å². The Hall–Kier alpha value is -5.27. The predicted octanol–water partition coefficient (Wildman–Crippen LogP) is 2.70. The molecule has 5 N–H and O–H groups in total. The Morgan fingerprint density at radius 2 is 1.49 bits per heavy atom. The predicted molar refractivity (Wildman–Crippen MR) is 184 cm³/mol. The first-order chi connectivity index (χ1) is 25.6. The Balaban J connectivity index is 1.33. The second-order valence-corrected chi connectivity index (χ2v) is 11.9. The third kappa shape index (κ3) is 13.3. The van der Waals surface area contributed by atoms with Crippen LogP contribution >= 0.6 is 0 Å². The zero-order chi connectivity index (χ0) is 38.1. The molecule has 53 heavy (non-hydrogen) atoms. The zero-order valence-electron chi connectivity index (χ0n) is 28.8. The molecule has 18 heteroatoms. The van der Waals surface area contributed by atoms with E-state index in [1.807, 2.05) is 6.07 Å². The number of benzene rings is 2. The van der Waals surface area contributed by atoms with Gasteiger partial charge in [-0.1, -0.05) is 11.3 Å². The van der Waals surface area contributed by atoms with E-state index >= 15 is 0 Å². The van der Waals surface area contributed by atoms with Gasteiger partial charge in [-0.15, -0.1) is 5.10 Å². The number of hydrogen-bond donors (Lipinski definition) is 5. The number of carboxylic acid groups (broad SMARTS) is 2. The molecule has 0 radical (unpaired) electrons. The molecule has 4 aromatic rings. The number of pyridine rings is 1. The van der Waals surface area contributed by atoms with E-state index in [1.165, 1.54) is 16.8 Å². The van der Waals surface area contributed by atoms with Gasteiger partial charge in [0.15, 0.2) is 11.6 Å². The van der Waals surface area contributed by atoms with Gasteiger partial charge in [0.1, 0.15) is 23.8 Å². The summed E-state index contributed by atoms with van der Waals surface area (Å²) in [5.41, 5.74) is 0.790. The summed E-state index contributed by atoms with van der Waals surface area (Å²) in [6.45, 7) is -0.448. The number of hydrogen-bond acceptors (Lipinski definition) is 13. The van der Waals surface area contributed by atoms with Crippen LogP contribution in [0.25, 0.3) is 28.0 Å². The highest BCUT2D eigenvalue weighted by Gasteiger charge is 2.34. The van der Waals surface area contributed by atoms with Gasteiger partial charge in [0, 0.05) is 24.5 Å². The van der Waals surface area contributed by atoms with Crippen molar-refractivity contribution >= 4 is 28.7 Å². The third-order valence-corrected chi connectivity index (χ3v) is 7.56. The molecule has 17 nitrogen and oxygen atoms in total. The van der Waals surface area contributed by atoms with Crippen molar-refractivity contribution in [3.05, 3.63) is 60.5 Å². The second-order valence-electron chi connectivity index (χ2n) is 11.9. The van der Waals surface area contributed by atoms with Gasteiger partial charge in [0.25, 0.3) is 0 Å². The number of aliphatic carboxylic acids is 2. The van der Waals surface area contributed by atoms with E-state index in [-0.39, 0.29) is 78.0 Å². The Bertz CT molecular complexity index is 1780. The molecule has 286 valence electrons. The molecule has 0 atom stereocenters. The lowest BCUT2D eigenvalue weighted by Gasteiger charge is -2.34. The molecule has 2 aromatic carbocycles. The number of aliphatic hydroxyl groups is 1. The number of halogens is 1. The molecule has 0 fully saturated rings. The normalized spacial score (nSPS) is 11.5. The van der Waals surface area contributed by atoms with Crippen LogP contribution in [-0.4, -0.2) is 123 Å². The lowest BCUT2D eigenvalue weighted by atomic mass is 10.0. The highest BCUT2D eigenvalue weighted by molar-refractivity contribution is 5.82. The van der Waals surface area contributed by atoms with Crippen LogP contribution in [0.4, 0.5) is 4.39 Å². The fourth-order valence-electron chi connectivity index (χ4n) is 4.95. The summed E-state index contributed by atoms with van der Waals surface area (Å²) < 4.78 is 42.9. The van der Waals surface area contributed by atoms with E-state index in [2.05, 4.69) is 20.6 Å². The van der Waals surface area contributed by atoms with Gasteiger partial charge in [-0.25, -0.2) is 14.1 Å². The van der Waals surface area contributed by atoms with Crippen LogP contribution < -0.4 is 10.1 Å². The van der Waals surface area contributed by atoms with Gasteiger partial charge in [0.05, 0.1) is 82.2 Å².